The lowest BCUT2D eigenvalue weighted by Crippen LogP contribution is -2.00. The molecule has 0 atom stereocenters. The molecule has 0 amide bonds. The van der Waals surface area contributed by atoms with Crippen LogP contribution in [0.5, 0.6) is 11.5 Å². The van der Waals surface area contributed by atoms with E-state index in [-0.39, 0.29) is 0 Å². The fourth-order valence-electron chi connectivity index (χ4n) is 3.62. The molecule has 1 aliphatic carbocycles. The van der Waals surface area contributed by atoms with E-state index in [0.29, 0.717) is 24.7 Å². The molecule has 4 rings (SSSR count). The zero-order valence-electron chi connectivity index (χ0n) is 17.1. The van der Waals surface area contributed by atoms with Crippen molar-refractivity contribution in [3.63, 3.8) is 0 Å². The minimum Gasteiger partial charge on any atom is -0.490 e. The average molecular weight is 417 g/mol. The lowest BCUT2D eigenvalue weighted by atomic mass is 9.96. The number of fused-ring (bicyclic) bond motifs is 1. The van der Waals surface area contributed by atoms with Crippen LogP contribution in [0.25, 0.3) is 0 Å². The minimum absolute atomic E-state index is 0.487. The van der Waals surface area contributed by atoms with E-state index in [0.717, 1.165) is 41.0 Å². The van der Waals surface area contributed by atoms with E-state index in [2.05, 4.69) is 11.1 Å². The van der Waals surface area contributed by atoms with E-state index >= 15 is 0 Å². The number of ether oxygens (including phenoxy) is 2. The van der Waals surface area contributed by atoms with E-state index in [4.69, 9.17) is 9.47 Å². The standard InChI is InChI=1S/C25H24N2O2S/c1-2-28-23-14-19(12-13-22(23)29-17-18-8-4-3-5-9-18)16-27-25-21(15-26)20-10-6-7-11-24(20)30-25/h3-5,8-9,12-14,16H,2,6-7,10-11,17H2,1H3/b27-16+. The molecule has 3 aromatic rings. The van der Waals surface area contributed by atoms with Gasteiger partial charge < -0.3 is 9.47 Å². The van der Waals surface area contributed by atoms with Gasteiger partial charge in [-0.15, -0.1) is 11.3 Å². The molecule has 1 aliphatic rings. The molecule has 0 N–H and O–H groups in total. The molecular formula is C25H24N2O2S. The molecule has 152 valence electrons. The molecule has 0 saturated heterocycles. The van der Waals surface area contributed by atoms with Crippen molar-refractivity contribution >= 4 is 22.6 Å². The highest BCUT2D eigenvalue weighted by Crippen LogP contribution is 2.39. The van der Waals surface area contributed by atoms with Crippen LogP contribution in [-0.2, 0) is 19.4 Å². The van der Waals surface area contributed by atoms with Crippen LogP contribution in [0, 0.1) is 11.3 Å². The maximum atomic E-state index is 9.61. The predicted molar refractivity (Wildman–Crippen MR) is 121 cm³/mol. The molecule has 0 unspecified atom stereocenters. The number of hydrogen-bond donors (Lipinski definition) is 0. The van der Waals surface area contributed by atoms with Crippen LogP contribution in [0.2, 0.25) is 0 Å². The predicted octanol–water partition coefficient (Wildman–Crippen LogP) is 6.23. The van der Waals surface area contributed by atoms with Crippen molar-refractivity contribution in [3.05, 3.63) is 75.7 Å². The smallest absolute Gasteiger partial charge is 0.161 e. The number of benzene rings is 2. The second-order valence-corrected chi connectivity index (χ2v) is 8.26. The lowest BCUT2D eigenvalue weighted by molar-refractivity contribution is 0.269. The quantitative estimate of drug-likeness (QED) is 0.429. The second kappa shape index (κ2) is 9.60. The molecule has 1 aromatic heterocycles. The Kier molecular flexibility index (Phi) is 6.46. The van der Waals surface area contributed by atoms with Crippen molar-refractivity contribution in [3.8, 4) is 17.6 Å². The highest BCUT2D eigenvalue weighted by atomic mass is 32.1. The van der Waals surface area contributed by atoms with Crippen molar-refractivity contribution in [1.29, 1.82) is 5.26 Å². The topological polar surface area (TPSA) is 54.6 Å². The number of rotatable bonds is 7. The minimum atomic E-state index is 0.487. The van der Waals surface area contributed by atoms with Crippen LogP contribution in [0.3, 0.4) is 0 Å². The highest BCUT2D eigenvalue weighted by Gasteiger charge is 2.20. The lowest BCUT2D eigenvalue weighted by Gasteiger charge is -2.12. The number of aliphatic imine (C=N–C) groups is 1. The molecule has 0 fully saturated rings. The summed E-state index contributed by atoms with van der Waals surface area (Å²) in [6.07, 6.45) is 6.22. The Bertz CT molecular complexity index is 1080. The molecular weight excluding hydrogens is 392 g/mol. The maximum absolute atomic E-state index is 9.61. The van der Waals surface area contributed by atoms with Crippen molar-refractivity contribution in [2.75, 3.05) is 6.61 Å². The Balaban J connectivity index is 1.54. The van der Waals surface area contributed by atoms with Crippen LogP contribution in [0.15, 0.2) is 53.5 Å². The van der Waals surface area contributed by atoms with Gasteiger partial charge in [-0.05, 0) is 67.5 Å². The van der Waals surface area contributed by atoms with Gasteiger partial charge in [0.1, 0.15) is 17.7 Å². The number of nitrogens with zero attached hydrogens (tertiary/aromatic N) is 2. The molecule has 0 bridgehead atoms. The first-order valence-electron chi connectivity index (χ1n) is 10.3. The maximum Gasteiger partial charge on any atom is 0.161 e. The van der Waals surface area contributed by atoms with Crippen LogP contribution in [-0.4, -0.2) is 12.8 Å². The summed E-state index contributed by atoms with van der Waals surface area (Å²) in [6, 6.07) is 18.2. The molecule has 5 heteroatoms. The van der Waals surface area contributed by atoms with Crippen LogP contribution in [0.4, 0.5) is 5.00 Å². The van der Waals surface area contributed by atoms with Gasteiger partial charge in [0.2, 0.25) is 0 Å². The summed E-state index contributed by atoms with van der Waals surface area (Å²) in [5, 5.41) is 10.4. The van der Waals surface area contributed by atoms with Gasteiger partial charge in [0.05, 0.1) is 12.2 Å². The molecule has 30 heavy (non-hydrogen) atoms. The summed E-state index contributed by atoms with van der Waals surface area (Å²) in [4.78, 5) is 5.98. The van der Waals surface area contributed by atoms with Crippen molar-refractivity contribution < 1.29 is 9.47 Å². The summed E-state index contributed by atoms with van der Waals surface area (Å²) in [5.41, 5.74) is 3.98. The van der Waals surface area contributed by atoms with Crippen LogP contribution < -0.4 is 9.47 Å². The normalized spacial score (nSPS) is 13.1. The van der Waals surface area contributed by atoms with E-state index in [1.54, 1.807) is 11.3 Å². The Labute approximate surface area is 181 Å². The van der Waals surface area contributed by atoms with E-state index in [1.807, 2.05) is 61.7 Å². The number of nitriles is 1. The van der Waals surface area contributed by atoms with E-state index in [9.17, 15) is 5.26 Å². The zero-order chi connectivity index (χ0) is 20.8. The molecule has 1 heterocycles. The Morgan fingerprint density at radius 1 is 1.07 bits per heavy atom. The number of hydrogen-bond acceptors (Lipinski definition) is 5. The molecule has 0 aliphatic heterocycles. The summed E-state index contributed by atoms with van der Waals surface area (Å²) in [5.74, 6) is 1.41. The number of aryl methyl sites for hydroxylation is 1. The van der Waals surface area contributed by atoms with Crippen LogP contribution in [0.1, 0.15) is 46.9 Å². The van der Waals surface area contributed by atoms with Crippen molar-refractivity contribution in [2.45, 2.75) is 39.2 Å². The van der Waals surface area contributed by atoms with Crippen LogP contribution >= 0.6 is 11.3 Å². The van der Waals surface area contributed by atoms with Gasteiger partial charge in [0, 0.05) is 11.1 Å². The Morgan fingerprint density at radius 3 is 2.70 bits per heavy atom. The molecule has 4 nitrogen and oxygen atoms in total. The van der Waals surface area contributed by atoms with Gasteiger partial charge in [-0.1, -0.05) is 30.3 Å². The van der Waals surface area contributed by atoms with Crippen molar-refractivity contribution in [2.24, 2.45) is 4.99 Å². The first kappa shape index (κ1) is 20.2. The number of thiophene rings is 1. The molecule has 0 radical (unpaired) electrons. The Hall–Kier alpha value is -3.10. The van der Waals surface area contributed by atoms with Gasteiger partial charge >= 0.3 is 0 Å². The van der Waals surface area contributed by atoms with Gasteiger partial charge in [0.25, 0.3) is 0 Å². The van der Waals surface area contributed by atoms with E-state index in [1.165, 1.54) is 16.9 Å². The van der Waals surface area contributed by atoms with Gasteiger partial charge in [-0.2, -0.15) is 5.26 Å². The summed E-state index contributed by atoms with van der Waals surface area (Å²) in [7, 11) is 0. The van der Waals surface area contributed by atoms with E-state index < -0.39 is 0 Å². The molecule has 2 aromatic carbocycles. The third-order valence-electron chi connectivity index (χ3n) is 5.10. The highest BCUT2D eigenvalue weighted by molar-refractivity contribution is 7.16. The largest absolute Gasteiger partial charge is 0.490 e. The van der Waals surface area contributed by atoms with Crippen molar-refractivity contribution in [1.82, 2.24) is 0 Å². The zero-order valence-corrected chi connectivity index (χ0v) is 17.9. The first-order chi connectivity index (χ1) is 14.8. The fourth-order valence-corrected chi connectivity index (χ4v) is 4.80. The molecule has 0 saturated carbocycles. The van der Waals surface area contributed by atoms with Gasteiger partial charge in [-0.25, -0.2) is 4.99 Å². The SMILES string of the molecule is CCOc1cc(/C=N/c2sc3c(c2C#N)CCCC3)ccc1OCc1ccccc1. The van der Waals surface area contributed by atoms with Gasteiger partial charge in [-0.3, -0.25) is 0 Å². The average Bonchev–Trinajstić information content (AvgIpc) is 3.15. The third-order valence-corrected chi connectivity index (χ3v) is 6.30. The fraction of sp³-hybridized carbons (Fsp3) is 0.280. The summed E-state index contributed by atoms with van der Waals surface area (Å²) in [6.45, 7) is 3.00. The summed E-state index contributed by atoms with van der Waals surface area (Å²) < 4.78 is 11.8. The summed E-state index contributed by atoms with van der Waals surface area (Å²) >= 11 is 1.65. The first-order valence-corrected chi connectivity index (χ1v) is 11.1. The second-order valence-electron chi connectivity index (χ2n) is 7.17. The monoisotopic (exact) mass is 416 g/mol. The van der Waals surface area contributed by atoms with Gasteiger partial charge in [0.15, 0.2) is 11.5 Å². The Morgan fingerprint density at radius 2 is 1.90 bits per heavy atom. The molecule has 0 spiro atoms. The third kappa shape index (κ3) is 4.55.